The number of halogens is 1. The molecule has 0 saturated carbocycles. The lowest BCUT2D eigenvalue weighted by molar-refractivity contribution is 0.00410. The molecule has 1 amide bonds. The van der Waals surface area contributed by atoms with Gasteiger partial charge in [0.05, 0.1) is 12.0 Å². The average Bonchev–Trinajstić information content (AvgIpc) is 2.67. The normalized spacial score (nSPS) is 13.6. The molecular weight excluding hydrogens is 375 g/mol. The van der Waals surface area contributed by atoms with E-state index in [1.807, 2.05) is 0 Å². The lowest BCUT2D eigenvalue weighted by atomic mass is 9.95. The molecule has 2 aromatic rings. The molecule has 0 aliphatic heterocycles. The highest BCUT2D eigenvalue weighted by Crippen LogP contribution is 2.27. The fourth-order valence-electron chi connectivity index (χ4n) is 2.37. The van der Waals surface area contributed by atoms with Crippen LogP contribution in [0.1, 0.15) is 12.5 Å². The number of carbonyl (C=O) groups is 1. The Morgan fingerprint density at radius 2 is 1.74 bits per heavy atom. The standard InChI is InChI=1S/C18H21FN2O5S/c1-18(26-3,15-6-4-5-7-16(15)19)12-20-27(23,24)14-10-8-13(9-11-14)21-17(22)25-2/h4-11,20H,12H2,1-3H3,(H,21,22)/t18-/m0/s1. The zero-order valence-corrected chi connectivity index (χ0v) is 16.0. The summed E-state index contributed by atoms with van der Waals surface area (Å²) in [6.07, 6.45) is -0.663. The van der Waals surface area contributed by atoms with Crippen LogP contribution in [0.25, 0.3) is 0 Å². The van der Waals surface area contributed by atoms with Crippen LogP contribution >= 0.6 is 0 Å². The zero-order chi connectivity index (χ0) is 20.1. The van der Waals surface area contributed by atoms with E-state index in [0.717, 1.165) is 0 Å². The van der Waals surface area contributed by atoms with E-state index in [-0.39, 0.29) is 17.0 Å². The van der Waals surface area contributed by atoms with E-state index in [4.69, 9.17) is 4.74 Å². The lowest BCUT2D eigenvalue weighted by Gasteiger charge is -2.29. The van der Waals surface area contributed by atoms with E-state index in [1.165, 1.54) is 44.6 Å². The van der Waals surface area contributed by atoms with Crippen LogP contribution in [0.5, 0.6) is 0 Å². The van der Waals surface area contributed by atoms with Gasteiger partial charge in [-0.05, 0) is 37.3 Å². The van der Waals surface area contributed by atoms with Crippen molar-refractivity contribution in [3.63, 3.8) is 0 Å². The summed E-state index contributed by atoms with van der Waals surface area (Å²) in [6, 6.07) is 11.5. The van der Waals surface area contributed by atoms with Gasteiger partial charge in [0.15, 0.2) is 0 Å². The maximum absolute atomic E-state index is 14.1. The van der Waals surface area contributed by atoms with E-state index in [9.17, 15) is 17.6 Å². The van der Waals surface area contributed by atoms with Gasteiger partial charge in [-0.3, -0.25) is 5.32 Å². The number of anilines is 1. The predicted octanol–water partition coefficient (Wildman–Crippen LogP) is 2.84. The minimum absolute atomic E-state index is 0.00935. The summed E-state index contributed by atoms with van der Waals surface area (Å²) in [5.74, 6) is -0.487. The number of methoxy groups -OCH3 is 2. The Hall–Kier alpha value is -2.49. The minimum Gasteiger partial charge on any atom is -0.453 e. The van der Waals surface area contributed by atoms with Gasteiger partial charge in [-0.15, -0.1) is 0 Å². The third-order valence-electron chi connectivity index (χ3n) is 4.09. The quantitative estimate of drug-likeness (QED) is 0.751. The van der Waals surface area contributed by atoms with Crippen LogP contribution in [0, 0.1) is 5.82 Å². The molecule has 0 aliphatic rings. The summed E-state index contributed by atoms with van der Waals surface area (Å²) in [4.78, 5) is 11.2. The Bertz CT molecular complexity index is 902. The summed E-state index contributed by atoms with van der Waals surface area (Å²) >= 11 is 0. The molecule has 0 saturated heterocycles. The van der Waals surface area contributed by atoms with E-state index in [1.54, 1.807) is 25.1 Å². The number of amides is 1. The second-order valence-corrected chi connectivity index (χ2v) is 7.65. The minimum atomic E-state index is -3.87. The van der Waals surface area contributed by atoms with Crippen LogP contribution in [0.4, 0.5) is 14.9 Å². The van der Waals surface area contributed by atoms with Gasteiger partial charge in [-0.25, -0.2) is 22.3 Å². The van der Waals surface area contributed by atoms with Crippen molar-refractivity contribution in [1.29, 1.82) is 0 Å². The monoisotopic (exact) mass is 396 g/mol. The summed E-state index contributed by atoms with van der Waals surface area (Å²) in [5, 5.41) is 2.43. The van der Waals surface area contributed by atoms with Crippen LogP contribution in [0.15, 0.2) is 53.4 Å². The van der Waals surface area contributed by atoms with E-state index < -0.39 is 27.5 Å². The lowest BCUT2D eigenvalue weighted by Crippen LogP contribution is -2.40. The topological polar surface area (TPSA) is 93.7 Å². The van der Waals surface area contributed by atoms with Gasteiger partial charge in [-0.2, -0.15) is 0 Å². The largest absolute Gasteiger partial charge is 0.453 e. The Labute approximate surface area is 157 Å². The van der Waals surface area contributed by atoms with Crippen LogP contribution in [-0.2, 0) is 25.1 Å². The maximum atomic E-state index is 14.1. The first-order valence-electron chi connectivity index (χ1n) is 7.97. The molecule has 2 N–H and O–H groups in total. The molecule has 0 aromatic heterocycles. The molecule has 0 fully saturated rings. The molecule has 7 nitrogen and oxygen atoms in total. The van der Waals surface area contributed by atoms with Crippen LogP contribution in [0.3, 0.4) is 0 Å². The van der Waals surface area contributed by atoms with Gasteiger partial charge in [0.25, 0.3) is 0 Å². The van der Waals surface area contributed by atoms with Crippen LogP contribution in [-0.4, -0.2) is 35.3 Å². The molecule has 0 unspecified atom stereocenters. The highest BCUT2D eigenvalue weighted by molar-refractivity contribution is 7.89. The zero-order valence-electron chi connectivity index (χ0n) is 15.2. The third kappa shape index (κ3) is 5.03. The van der Waals surface area contributed by atoms with E-state index in [2.05, 4.69) is 14.8 Å². The van der Waals surface area contributed by atoms with Crippen molar-refractivity contribution in [2.24, 2.45) is 0 Å². The number of rotatable bonds is 7. The van der Waals surface area contributed by atoms with Crippen LogP contribution in [0.2, 0.25) is 0 Å². The summed E-state index contributed by atoms with van der Waals surface area (Å²) in [7, 11) is -1.27. The van der Waals surface area contributed by atoms with E-state index in [0.29, 0.717) is 5.69 Å². The highest BCUT2D eigenvalue weighted by Gasteiger charge is 2.31. The third-order valence-corrected chi connectivity index (χ3v) is 5.51. The molecule has 9 heteroatoms. The van der Waals surface area contributed by atoms with Gasteiger partial charge in [0, 0.05) is 24.9 Å². The smallest absolute Gasteiger partial charge is 0.411 e. The van der Waals surface area contributed by atoms with Crippen molar-refractivity contribution >= 4 is 21.8 Å². The van der Waals surface area contributed by atoms with Crippen molar-refractivity contribution in [2.45, 2.75) is 17.4 Å². The van der Waals surface area contributed by atoms with E-state index >= 15 is 0 Å². The Morgan fingerprint density at radius 1 is 1.11 bits per heavy atom. The van der Waals surface area contributed by atoms with Gasteiger partial charge < -0.3 is 9.47 Å². The molecule has 2 rings (SSSR count). The Morgan fingerprint density at radius 3 is 2.30 bits per heavy atom. The summed E-state index contributed by atoms with van der Waals surface area (Å²) in [6.45, 7) is 1.42. The van der Waals surface area contributed by atoms with Crippen LogP contribution < -0.4 is 10.0 Å². The molecule has 0 radical (unpaired) electrons. The molecule has 0 bridgehead atoms. The molecule has 2 aromatic carbocycles. The van der Waals surface area contributed by atoms with Crippen molar-refractivity contribution in [1.82, 2.24) is 4.72 Å². The number of ether oxygens (including phenoxy) is 2. The van der Waals surface area contributed by atoms with Gasteiger partial charge in [-0.1, -0.05) is 18.2 Å². The summed E-state index contributed by atoms with van der Waals surface area (Å²) in [5.41, 5.74) is -0.563. The predicted molar refractivity (Wildman–Crippen MR) is 98.4 cm³/mol. The van der Waals surface area contributed by atoms with Crippen molar-refractivity contribution in [3.8, 4) is 0 Å². The number of hydrogen-bond acceptors (Lipinski definition) is 5. The van der Waals surface area contributed by atoms with Gasteiger partial charge in [0.1, 0.15) is 11.4 Å². The summed E-state index contributed by atoms with van der Waals surface area (Å²) < 4.78 is 51.4. The Kier molecular flexibility index (Phi) is 6.53. The van der Waals surface area contributed by atoms with Gasteiger partial charge in [0.2, 0.25) is 10.0 Å². The van der Waals surface area contributed by atoms with Crippen molar-refractivity contribution in [2.75, 3.05) is 26.1 Å². The van der Waals surface area contributed by atoms with Gasteiger partial charge >= 0.3 is 6.09 Å². The Balaban J connectivity index is 2.15. The number of hydrogen-bond donors (Lipinski definition) is 2. The fraction of sp³-hybridized carbons (Fsp3) is 0.278. The second-order valence-electron chi connectivity index (χ2n) is 5.88. The molecular formula is C18H21FN2O5S. The number of benzene rings is 2. The first-order valence-corrected chi connectivity index (χ1v) is 9.45. The number of carbonyl (C=O) groups excluding carboxylic acids is 1. The number of nitrogens with one attached hydrogen (secondary N) is 2. The molecule has 1 atom stereocenters. The van der Waals surface area contributed by atoms with Crippen molar-refractivity contribution in [3.05, 3.63) is 59.9 Å². The fourth-order valence-corrected chi connectivity index (χ4v) is 3.50. The molecule has 27 heavy (non-hydrogen) atoms. The maximum Gasteiger partial charge on any atom is 0.411 e. The second kappa shape index (κ2) is 8.47. The molecule has 146 valence electrons. The SMILES string of the molecule is COC(=O)Nc1ccc(S(=O)(=O)NC[C@](C)(OC)c2ccccc2F)cc1. The number of sulfonamides is 1. The average molecular weight is 396 g/mol. The first-order chi connectivity index (χ1) is 12.7. The van der Waals surface area contributed by atoms with Crippen molar-refractivity contribution < 1.29 is 27.1 Å². The molecule has 0 heterocycles. The highest BCUT2D eigenvalue weighted by atomic mass is 32.2. The molecule has 0 aliphatic carbocycles. The first kappa shape index (κ1) is 20.8. The molecule has 0 spiro atoms.